The average molecular weight is 494 g/mol. The molecule has 1 aromatic heterocycles. The van der Waals surface area contributed by atoms with Gasteiger partial charge in [0.1, 0.15) is 18.0 Å². The van der Waals surface area contributed by atoms with Crippen molar-refractivity contribution in [3.8, 4) is 17.2 Å². The maximum absolute atomic E-state index is 6.13. The Morgan fingerprint density at radius 1 is 0.972 bits per heavy atom. The fraction of sp³-hybridized carbons (Fsp3) is 0.483. The van der Waals surface area contributed by atoms with Gasteiger partial charge in [0.25, 0.3) is 0 Å². The Kier molecular flexibility index (Phi) is 9.25. The van der Waals surface area contributed by atoms with Crippen molar-refractivity contribution in [3.63, 3.8) is 0 Å². The Morgan fingerprint density at radius 2 is 1.83 bits per heavy atom. The van der Waals surface area contributed by atoms with Crippen LogP contribution in [0.15, 0.2) is 61.2 Å². The maximum atomic E-state index is 6.13. The van der Waals surface area contributed by atoms with E-state index in [0.29, 0.717) is 13.2 Å². The van der Waals surface area contributed by atoms with E-state index < -0.39 is 0 Å². The van der Waals surface area contributed by atoms with E-state index in [1.807, 2.05) is 37.8 Å². The summed E-state index contributed by atoms with van der Waals surface area (Å²) < 4.78 is 25.9. The first-order valence-electron chi connectivity index (χ1n) is 12.8. The average Bonchev–Trinajstić information content (AvgIpc) is 3.34. The third kappa shape index (κ3) is 7.24. The van der Waals surface area contributed by atoms with Crippen LogP contribution in [0.2, 0.25) is 0 Å². The molecule has 1 atom stereocenters. The largest absolute Gasteiger partial charge is 0.493 e. The van der Waals surface area contributed by atoms with Gasteiger partial charge in [0.15, 0.2) is 11.5 Å². The highest BCUT2D eigenvalue weighted by molar-refractivity contribution is 5.43. The van der Waals surface area contributed by atoms with Crippen LogP contribution in [0.25, 0.3) is 0 Å². The van der Waals surface area contributed by atoms with Crippen LogP contribution in [-0.2, 0) is 17.8 Å². The van der Waals surface area contributed by atoms with E-state index in [2.05, 4.69) is 45.6 Å². The van der Waals surface area contributed by atoms with Crippen LogP contribution in [0.1, 0.15) is 36.8 Å². The van der Waals surface area contributed by atoms with Gasteiger partial charge in [-0.05, 0) is 69.0 Å². The van der Waals surface area contributed by atoms with E-state index in [1.54, 1.807) is 13.3 Å². The lowest BCUT2D eigenvalue weighted by molar-refractivity contribution is -0.0541. The molecule has 2 aromatic carbocycles. The van der Waals surface area contributed by atoms with Crippen molar-refractivity contribution in [1.29, 1.82) is 0 Å². The number of aryl methyl sites for hydroxylation is 2. The molecule has 0 aliphatic carbocycles. The summed E-state index contributed by atoms with van der Waals surface area (Å²) in [5.41, 5.74) is 2.19. The summed E-state index contributed by atoms with van der Waals surface area (Å²) in [6, 6.07) is 14.5. The van der Waals surface area contributed by atoms with Gasteiger partial charge in [-0.25, -0.2) is 4.98 Å². The summed E-state index contributed by atoms with van der Waals surface area (Å²) in [5, 5.41) is 0. The Hall–Kier alpha value is -3.03. The second kappa shape index (κ2) is 12.8. The number of hydrogen-bond donors (Lipinski definition) is 0. The molecular formula is C29H39N3O4. The first-order valence-corrected chi connectivity index (χ1v) is 12.8. The monoisotopic (exact) mass is 493 g/mol. The summed E-state index contributed by atoms with van der Waals surface area (Å²) >= 11 is 0. The Morgan fingerprint density at radius 3 is 2.58 bits per heavy atom. The third-order valence-electron chi connectivity index (χ3n) is 6.96. The molecule has 0 bridgehead atoms. The molecular weight excluding hydrogens is 454 g/mol. The van der Waals surface area contributed by atoms with Gasteiger partial charge < -0.3 is 23.5 Å². The van der Waals surface area contributed by atoms with Crippen molar-refractivity contribution in [2.45, 2.75) is 51.3 Å². The van der Waals surface area contributed by atoms with Crippen LogP contribution in [0.3, 0.4) is 0 Å². The molecule has 1 aliphatic heterocycles. The fourth-order valence-electron chi connectivity index (χ4n) is 4.67. The zero-order valence-corrected chi connectivity index (χ0v) is 21.8. The van der Waals surface area contributed by atoms with Crippen molar-refractivity contribution in [2.24, 2.45) is 0 Å². The smallest absolute Gasteiger partial charge is 0.161 e. The molecule has 4 rings (SSSR count). The van der Waals surface area contributed by atoms with Crippen molar-refractivity contribution in [2.75, 3.05) is 40.5 Å². The van der Waals surface area contributed by atoms with Crippen LogP contribution in [0, 0.1) is 6.92 Å². The van der Waals surface area contributed by atoms with Crippen LogP contribution in [0.4, 0.5) is 0 Å². The summed E-state index contributed by atoms with van der Waals surface area (Å²) in [4.78, 5) is 6.57. The predicted molar refractivity (Wildman–Crippen MR) is 141 cm³/mol. The molecule has 2 heterocycles. The lowest BCUT2D eigenvalue weighted by atomic mass is 9.95. The first-order chi connectivity index (χ1) is 17.6. The minimum Gasteiger partial charge on any atom is -0.493 e. The highest BCUT2D eigenvalue weighted by atomic mass is 16.5. The van der Waals surface area contributed by atoms with Gasteiger partial charge in [0, 0.05) is 39.1 Å². The van der Waals surface area contributed by atoms with Crippen molar-refractivity contribution < 1.29 is 18.9 Å². The number of aromatic nitrogens is 2. The van der Waals surface area contributed by atoms with Crippen LogP contribution in [-0.4, -0.2) is 60.6 Å². The van der Waals surface area contributed by atoms with Crippen LogP contribution >= 0.6 is 0 Å². The molecule has 36 heavy (non-hydrogen) atoms. The lowest BCUT2D eigenvalue weighted by Crippen LogP contribution is -2.39. The fourth-order valence-corrected chi connectivity index (χ4v) is 4.67. The maximum Gasteiger partial charge on any atom is 0.161 e. The van der Waals surface area contributed by atoms with E-state index in [9.17, 15) is 0 Å². The normalized spacial score (nSPS) is 18.5. The van der Waals surface area contributed by atoms with Crippen molar-refractivity contribution in [3.05, 3.63) is 72.3 Å². The molecule has 0 saturated carbocycles. The number of imidazole rings is 1. The highest BCUT2D eigenvalue weighted by Gasteiger charge is 2.33. The Balaban J connectivity index is 1.28. The first kappa shape index (κ1) is 26.0. The van der Waals surface area contributed by atoms with E-state index in [4.69, 9.17) is 18.9 Å². The van der Waals surface area contributed by atoms with Crippen molar-refractivity contribution in [1.82, 2.24) is 14.5 Å². The van der Waals surface area contributed by atoms with Gasteiger partial charge in [0.2, 0.25) is 0 Å². The van der Waals surface area contributed by atoms with Gasteiger partial charge in [-0.2, -0.15) is 0 Å². The molecule has 1 fully saturated rings. The quantitative estimate of drug-likeness (QED) is 0.327. The number of ether oxygens (including phenoxy) is 4. The lowest BCUT2D eigenvalue weighted by Gasteiger charge is -2.31. The van der Waals surface area contributed by atoms with Gasteiger partial charge in [-0.15, -0.1) is 0 Å². The summed E-state index contributed by atoms with van der Waals surface area (Å²) in [7, 11) is 3.51. The number of benzene rings is 2. The molecule has 0 N–H and O–H groups in total. The number of likely N-dealkylation sites (tertiary alicyclic amines) is 1. The highest BCUT2D eigenvalue weighted by Crippen LogP contribution is 2.31. The molecule has 0 radical (unpaired) electrons. The van der Waals surface area contributed by atoms with E-state index in [0.717, 1.165) is 69.1 Å². The standard InChI is InChI=1S/C29H39N3O4/c1-24-6-9-26(10-7-24)36-22-29(34-3)12-4-15-31(17-13-29)21-25-8-11-27(28(20-25)33-2)35-19-5-16-32-18-14-30-23-32/h6-11,14,18,20,23H,4-5,12-13,15-17,19,21-22H2,1-3H3. The summed E-state index contributed by atoms with van der Waals surface area (Å²) in [6.07, 6.45) is 9.48. The Bertz CT molecular complexity index is 1050. The minimum absolute atomic E-state index is 0.258. The SMILES string of the molecule is COc1cc(CN2CCCC(COc3ccc(C)cc3)(OC)CC2)ccc1OCCCn1ccnc1. The molecule has 1 saturated heterocycles. The predicted octanol–water partition coefficient (Wildman–Crippen LogP) is 5.12. The van der Waals surface area contributed by atoms with Gasteiger partial charge in [0.05, 0.1) is 20.0 Å². The van der Waals surface area contributed by atoms with E-state index in [-0.39, 0.29) is 5.60 Å². The van der Waals surface area contributed by atoms with Gasteiger partial charge >= 0.3 is 0 Å². The molecule has 3 aromatic rings. The summed E-state index contributed by atoms with van der Waals surface area (Å²) in [5.74, 6) is 2.46. The summed E-state index contributed by atoms with van der Waals surface area (Å²) in [6.45, 7) is 7.03. The molecule has 194 valence electrons. The number of methoxy groups -OCH3 is 2. The number of hydrogen-bond acceptors (Lipinski definition) is 6. The molecule has 7 heteroatoms. The van der Waals surface area contributed by atoms with Gasteiger partial charge in [-0.1, -0.05) is 23.8 Å². The zero-order chi connectivity index (χ0) is 25.2. The molecule has 0 amide bonds. The third-order valence-corrected chi connectivity index (χ3v) is 6.96. The van der Waals surface area contributed by atoms with Gasteiger partial charge in [-0.3, -0.25) is 4.90 Å². The molecule has 1 aliphatic rings. The zero-order valence-electron chi connectivity index (χ0n) is 21.8. The van der Waals surface area contributed by atoms with Crippen LogP contribution < -0.4 is 14.2 Å². The number of nitrogens with zero attached hydrogens (tertiary/aromatic N) is 3. The minimum atomic E-state index is -0.258. The van der Waals surface area contributed by atoms with E-state index in [1.165, 1.54) is 11.1 Å². The molecule has 0 spiro atoms. The number of rotatable bonds is 12. The molecule has 7 nitrogen and oxygen atoms in total. The topological polar surface area (TPSA) is 58.0 Å². The Labute approximate surface area is 215 Å². The second-order valence-electron chi connectivity index (χ2n) is 9.61. The second-order valence-corrected chi connectivity index (χ2v) is 9.61. The van der Waals surface area contributed by atoms with Crippen molar-refractivity contribution >= 4 is 0 Å². The van der Waals surface area contributed by atoms with Crippen LogP contribution in [0.5, 0.6) is 17.2 Å². The van der Waals surface area contributed by atoms with E-state index >= 15 is 0 Å². The molecule has 1 unspecified atom stereocenters.